The maximum atomic E-state index is 11.5. The molecule has 1 aromatic heterocycles. The van der Waals surface area contributed by atoms with E-state index in [0.717, 1.165) is 24.8 Å². The Bertz CT molecular complexity index is 540. The van der Waals surface area contributed by atoms with E-state index in [1.807, 2.05) is 6.07 Å². The molecule has 0 bridgehead atoms. The van der Waals surface area contributed by atoms with Crippen molar-refractivity contribution >= 4 is 11.8 Å². The van der Waals surface area contributed by atoms with Gasteiger partial charge in [-0.25, -0.2) is 4.79 Å². The zero-order valence-electron chi connectivity index (χ0n) is 14.8. The van der Waals surface area contributed by atoms with E-state index in [0.29, 0.717) is 5.92 Å². The van der Waals surface area contributed by atoms with Gasteiger partial charge in [0.25, 0.3) is 0 Å². The molecule has 0 amide bonds. The molecule has 24 heavy (non-hydrogen) atoms. The van der Waals surface area contributed by atoms with Crippen molar-refractivity contribution in [1.29, 1.82) is 0 Å². The minimum Gasteiger partial charge on any atom is -0.464 e. The zero-order valence-corrected chi connectivity index (χ0v) is 14.8. The van der Waals surface area contributed by atoms with Gasteiger partial charge in [-0.3, -0.25) is 0 Å². The van der Waals surface area contributed by atoms with Crippen LogP contribution in [0.25, 0.3) is 0 Å². The Morgan fingerprint density at radius 3 is 2.67 bits per heavy atom. The highest BCUT2D eigenvalue weighted by Crippen LogP contribution is 2.24. The first-order valence-corrected chi connectivity index (χ1v) is 9.05. The fourth-order valence-electron chi connectivity index (χ4n) is 3.74. The molecule has 1 atom stereocenters. The van der Waals surface area contributed by atoms with Gasteiger partial charge in [0.2, 0.25) is 0 Å². The number of hydrogen-bond donors (Lipinski definition) is 0. The van der Waals surface area contributed by atoms with Crippen LogP contribution < -0.4 is 4.90 Å². The van der Waals surface area contributed by atoms with Crippen LogP contribution in [0.4, 0.5) is 5.82 Å². The van der Waals surface area contributed by atoms with E-state index in [2.05, 4.69) is 31.7 Å². The number of methoxy groups -OCH3 is 1. The van der Waals surface area contributed by atoms with Crippen LogP contribution in [-0.4, -0.2) is 60.9 Å². The highest BCUT2D eigenvalue weighted by molar-refractivity contribution is 5.86. The standard InChI is InChI=1S/C18H28N4O2/c1-14-7-10-21(11-8-14)12-15-4-3-9-22(13-15)17-6-5-16(19-20-17)18(23)24-2/h5-6,14-15H,3-4,7-13H2,1-2H3. The number of anilines is 1. The fourth-order valence-corrected chi connectivity index (χ4v) is 3.74. The summed E-state index contributed by atoms with van der Waals surface area (Å²) in [5.41, 5.74) is 0.261. The van der Waals surface area contributed by atoms with E-state index in [1.165, 1.54) is 52.4 Å². The topological polar surface area (TPSA) is 58.6 Å². The molecule has 1 unspecified atom stereocenters. The number of hydrogen-bond acceptors (Lipinski definition) is 6. The van der Waals surface area contributed by atoms with Gasteiger partial charge >= 0.3 is 5.97 Å². The van der Waals surface area contributed by atoms with Gasteiger partial charge in [-0.05, 0) is 62.7 Å². The second-order valence-electron chi connectivity index (χ2n) is 7.21. The van der Waals surface area contributed by atoms with Gasteiger partial charge in [-0.2, -0.15) is 0 Å². The Morgan fingerprint density at radius 1 is 1.21 bits per heavy atom. The summed E-state index contributed by atoms with van der Waals surface area (Å²) in [6.45, 7) is 8.07. The third-order valence-electron chi connectivity index (χ3n) is 5.28. The molecule has 0 spiro atoms. The number of piperidine rings is 2. The number of aromatic nitrogens is 2. The first-order chi connectivity index (χ1) is 11.7. The van der Waals surface area contributed by atoms with Crippen LogP contribution in [0, 0.1) is 11.8 Å². The molecule has 2 aliphatic rings. The largest absolute Gasteiger partial charge is 0.464 e. The summed E-state index contributed by atoms with van der Waals surface area (Å²) >= 11 is 0. The summed E-state index contributed by atoms with van der Waals surface area (Å²) in [5.74, 6) is 1.99. The van der Waals surface area contributed by atoms with Gasteiger partial charge in [0, 0.05) is 19.6 Å². The van der Waals surface area contributed by atoms with Crippen molar-refractivity contribution in [3.05, 3.63) is 17.8 Å². The number of nitrogens with zero attached hydrogens (tertiary/aromatic N) is 4. The second kappa shape index (κ2) is 7.92. The predicted molar refractivity (Wildman–Crippen MR) is 93.1 cm³/mol. The molecule has 2 aliphatic heterocycles. The average molecular weight is 332 g/mol. The number of rotatable bonds is 4. The molecule has 1 aromatic rings. The Balaban J connectivity index is 1.56. The van der Waals surface area contributed by atoms with Crippen LogP contribution in [0.3, 0.4) is 0 Å². The molecule has 0 saturated carbocycles. The first kappa shape index (κ1) is 17.1. The molecule has 0 aliphatic carbocycles. The van der Waals surface area contributed by atoms with E-state index in [-0.39, 0.29) is 5.69 Å². The van der Waals surface area contributed by atoms with Gasteiger partial charge < -0.3 is 14.5 Å². The Morgan fingerprint density at radius 2 is 2.00 bits per heavy atom. The number of ether oxygens (including phenoxy) is 1. The van der Waals surface area contributed by atoms with Gasteiger partial charge in [-0.15, -0.1) is 10.2 Å². The zero-order chi connectivity index (χ0) is 16.9. The van der Waals surface area contributed by atoms with Crippen LogP contribution in [0.1, 0.15) is 43.1 Å². The fraction of sp³-hybridized carbons (Fsp3) is 0.722. The number of carbonyl (C=O) groups is 1. The molecule has 2 fully saturated rings. The van der Waals surface area contributed by atoms with Crippen molar-refractivity contribution in [3.63, 3.8) is 0 Å². The Labute approximate surface area is 144 Å². The monoisotopic (exact) mass is 332 g/mol. The van der Waals surface area contributed by atoms with Gasteiger partial charge in [-0.1, -0.05) is 6.92 Å². The predicted octanol–water partition coefficient (Wildman–Crippen LogP) is 2.21. The lowest BCUT2D eigenvalue weighted by molar-refractivity contribution is 0.0592. The van der Waals surface area contributed by atoms with E-state index >= 15 is 0 Å². The van der Waals surface area contributed by atoms with Crippen molar-refractivity contribution < 1.29 is 9.53 Å². The highest BCUT2D eigenvalue weighted by Gasteiger charge is 2.25. The maximum absolute atomic E-state index is 11.5. The minimum absolute atomic E-state index is 0.261. The molecule has 3 heterocycles. The molecule has 132 valence electrons. The lowest BCUT2D eigenvalue weighted by atomic mass is 9.94. The molecule has 0 aromatic carbocycles. The van der Waals surface area contributed by atoms with Gasteiger partial charge in [0.15, 0.2) is 11.5 Å². The number of esters is 1. The van der Waals surface area contributed by atoms with E-state index in [4.69, 9.17) is 0 Å². The molecule has 6 heteroatoms. The number of likely N-dealkylation sites (tertiary alicyclic amines) is 1. The Hall–Kier alpha value is -1.69. The quantitative estimate of drug-likeness (QED) is 0.788. The average Bonchev–Trinajstić information content (AvgIpc) is 2.63. The van der Waals surface area contributed by atoms with Crippen LogP contribution in [0.15, 0.2) is 12.1 Å². The molecule has 3 rings (SSSR count). The lowest BCUT2D eigenvalue weighted by Crippen LogP contribution is -2.43. The van der Waals surface area contributed by atoms with Crippen LogP contribution in [0.5, 0.6) is 0 Å². The van der Waals surface area contributed by atoms with Crippen LogP contribution in [-0.2, 0) is 4.74 Å². The molecular weight excluding hydrogens is 304 g/mol. The van der Waals surface area contributed by atoms with Crippen LogP contribution >= 0.6 is 0 Å². The lowest BCUT2D eigenvalue weighted by Gasteiger charge is -2.38. The smallest absolute Gasteiger partial charge is 0.358 e. The summed E-state index contributed by atoms with van der Waals surface area (Å²) in [5, 5.41) is 8.22. The molecular formula is C18H28N4O2. The highest BCUT2D eigenvalue weighted by atomic mass is 16.5. The normalized spacial score (nSPS) is 23.2. The van der Waals surface area contributed by atoms with Crippen molar-refractivity contribution in [2.75, 3.05) is 44.7 Å². The first-order valence-electron chi connectivity index (χ1n) is 9.05. The SMILES string of the molecule is COC(=O)c1ccc(N2CCCC(CN3CCC(C)CC3)C2)nn1. The third-order valence-corrected chi connectivity index (χ3v) is 5.28. The molecule has 0 N–H and O–H groups in total. The van der Waals surface area contributed by atoms with E-state index in [1.54, 1.807) is 6.07 Å². The van der Waals surface area contributed by atoms with Gasteiger partial charge in [0.05, 0.1) is 7.11 Å². The molecule has 6 nitrogen and oxygen atoms in total. The molecule has 2 saturated heterocycles. The van der Waals surface area contributed by atoms with E-state index < -0.39 is 5.97 Å². The maximum Gasteiger partial charge on any atom is 0.358 e. The number of carbonyl (C=O) groups excluding carboxylic acids is 1. The van der Waals surface area contributed by atoms with Crippen LogP contribution in [0.2, 0.25) is 0 Å². The van der Waals surface area contributed by atoms with Crippen molar-refractivity contribution in [1.82, 2.24) is 15.1 Å². The van der Waals surface area contributed by atoms with E-state index in [9.17, 15) is 4.79 Å². The summed E-state index contributed by atoms with van der Waals surface area (Å²) in [4.78, 5) is 16.4. The minimum atomic E-state index is -0.440. The second-order valence-corrected chi connectivity index (χ2v) is 7.21. The summed E-state index contributed by atoms with van der Waals surface area (Å²) in [7, 11) is 1.36. The van der Waals surface area contributed by atoms with Crippen molar-refractivity contribution in [2.24, 2.45) is 11.8 Å². The van der Waals surface area contributed by atoms with Gasteiger partial charge in [0.1, 0.15) is 0 Å². The summed E-state index contributed by atoms with van der Waals surface area (Å²) < 4.78 is 4.67. The summed E-state index contributed by atoms with van der Waals surface area (Å²) in [6, 6.07) is 3.58. The van der Waals surface area contributed by atoms with Crippen molar-refractivity contribution in [2.45, 2.75) is 32.6 Å². The Kier molecular flexibility index (Phi) is 5.66. The summed E-state index contributed by atoms with van der Waals surface area (Å²) in [6.07, 6.45) is 5.14. The van der Waals surface area contributed by atoms with Crippen molar-refractivity contribution in [3.8, 4) is 0 Å². The molecule has 0 radical (unpaired) electrons. The third kappa shape index (κ3) is 4.23.